The number of likely N-dealkylation sites (N-methyl/N-ethyl adjacent to an activating group) is 1. The Bertz CT molecular complexity index is 1270. The van der Waals surface area contributed by atoms with Crippen LogP contribution in [0.3, 0.4) is 0 Å². The standard InChI is InChI=1S/C28H36N4O7/c1-7-38-26(35)21-12-17(2)30-23(21)14-20-19-13-18(8-9-22(19)31-25(20)34)15-29-24(33)16-37-11-10-32(6)27(36)39-28(3,4)5/h8-9,12-14,30H,7,10-11,15-16H2,1-6H3,(H,29,33)(H,31,34)/b20-14-. The highest BCUT2D eigenvalue weighted by Crippen LogP contribution is 2.34. The number of nitrogens with zero attached hydrogens (tertiary/aromatic N) is 1. The lowest BCUT2D eigenvalue weighted by atomic mass is 10.0. The molecular weight excluding hydrogens is 504 g/mol. The van der Waals surface area contributed by atoms with Crippen molar-refractivity contribution < 1.29 is 33.4 Å². The Morgan fingerprint density at radius 2 is 1.90 bits per heavy atom. The van der Waals surface area contributed by atoms with E-state index in [1.54, 1.807) is 53.0 Å². The molecular formula is C28H36N4O7. The maximum Gasteiger partial charge on any atom is 0.410 e. The van der Waals surface area contributed by atoms with E-state index in [1.165, 1.54) is 4.90 Å². The topological polar surface area (TPSA) is 139 Å². The molecule has 0 unspecified atom stereocenters. The fourth-order valence-corrected chi connectivity index (χ4v) is 3.78. The van der Waals surface area contributed by atoms with Crippen molar-refractivity contribution >= 4 is 41.2 Å². The summed E-state index contributed by atoms with van der Waals surface area (Å²) in [5.41, 5.74) is 3.48. The molecule has 0 aliphatic carbocycles. The number of H-pyrrole nitrogens is 1. The fraction of sp³-hybridized carbons (Fsp3) is 0.429. The van der Waals surface area contributed by atoms with Crippen molar-refractivity contribution in [1.29, 1.82) is 0 Å². The van der Waals surface area contributed by atoms with Crippen LogP contribution in [0.25, 0.3) is 11.6 Å². The van der Waals surface area contributed by atoms with Crippen molar-refractivity contribution in [1.82, 2.24) is 15.2 Å². The Hall–Kier alpha value is -4.12. The number of carbonyl (C=O) groups is 4. The van der Waals surface area contributed by atoms with Crippen LogP contribution >= 0.6 is 0 Å². The summed E-state index contributed by atoms with van der Waals surface area (Å²) in [6.07, 6.45) is 1.17. The van der Waals surface area contributed by atoms with Crippen molar-refractivity contribution in [2.75, 3.05) is 38.7 Å². The molecule has 0 bridgehead atoms. The van der Waals surface area contributed by atoms with Crippen LogP contribution in [0.15, 0.2) is 24.3 Å². The summed E-state index contributed by atoms with van der Waals surface area (Å²) in [5, 5.41) is 5.61. The van der Waals surface area contributed by atoms with Crippen molar-refractivity contribution in [2.45, 2.75) is 46.8 Å². The van der Waals surface area contributed by atoms with Crippen LogP contribution in [-0.4, -0.2) is 72.8 Å². The Kier molecular flexibility index (Phi) is 9.52. The summed E-state index contributed by atoms with van der Waals surface area (Å²) in [7, 11) is 1.60. The predicted molar refractivity (Wildman–Crippen MR) is 146 cm³/mol. The van der Waals surface area contributed by atoms with Gasteiger partial charge in [0, 0.05) is 37.1 Å². The molecule has 0 fully saturated rings. The summed E-state index contributed by atoms with van der Waals surface area (Å²) >= 11 is 0. The van der Waals surface area contributed by atoms with E-state index < -0.39 is 17.7 Å². The highest BCUT2D eigenvalue weighted by atomic mass is 16.6. The van der Waals surface area contributed by atoms with Gasteiger partial charge < -0.3 is 34.7 Å². The lowest BCUT2D eigenvalue weighted by molar-refractivity contribution is -0.126. The average Bonchev–Trinajstić information content (AvgIpc) is 3.38. The van der Waals surface area contributed by atoms with E-state index in [0.717, 1.165) is 11.3 Å². The zero-order valence-corrected chi connectivity index (χ0v) is 23.2. The molecule has 0 radical (unpaired) electrons. The third-order valence-electron chi connectivity index (χ3n) is 5.63. The van der Waals surface area contributed by atoms with Gasteiger partial charge in [0.15, 0.2) is 0 Å². The maximum absolute atomic E-state index is 12.7. The highest BCUT2D eigenvalue weighted by molar-refractivity contribution is 6.35. The molecule has 1 aliphatic heterocycles. The molecule has 39 heavy (non-hydrogen) atoms. The van der Waals surface area contributed by atoms with Gasteiger partial charge in [0.25, 0.3) is 5.91 Å². The van der Waals surface area contributed by atoms with Crippen LogP contribution < -0.4 is 10.6 Å². The molecule has 11 nitrogen and oxygen atoms in total. The minimum atomic E-state index is -0.587. The largest absolute Gasteiger partial charge is 0.462 e. The zero-order chi connectivity index (χ0) is 28.7. The molecule has 3 rings (SSSR count). The van der Waals surface area contributed by atoms with Crippen LogP contribution in [0, 0.1) is 6.92 Å². The van der Waals surface area contributed by atoms with E-state index >= 15 is 0 Å². The number of esters is 1. The first-order valence-electron chi connectivity index (χ1n) is 12.7. The first-order valence-corrected chi connectivity index (χ1v) is 12.7. The number of aromatic amines is 1. The van der Waals surface area contributed by atoms with E-state index in [4.69, 9.17) is 14.2 Å². The molecule has 2 heterocycles. The van der Waals surface area contributed by atoms with Crippen LogP contribution in [0.1, 0.15) is 60.6 Å². The first-order chi connectivity index (χ1) is 18.4. The van der Waals surface area contributed by atoms with Crippen LogP contribution in [-0.2, 0) is 30.3 Å². The van der Waals surface area contributed by atoms with Gasteiger partial charge in [-0.3, -0.25) is 9.59 Å². The first kappa shape index (κ1) is 29.4. The number of carbonyl (C=O) groups excluding carboxylic acids is 4. The normalized spacial score (nSPS) is 13.6. The van der Waals surface area contributed by atoms with E-state index in [9.17, 15) is 19.2 Å². The van der Waals surface area contributed by atoms with E-state index in [2.05, 4.69) is 15.6 Å². The van der Waals surface area contributed by atoms with E-state index in [1.807, 2.05) is 19.1 Å². The molecule has 1 aliphatic rings. The van der Waals surface area contributed by atoms with E-state index in [0.29, 0.717) is 28.1 Å². The van der Waals surface area contributed by atoms with Gasteiger partial charge in [-0.2, -0.15) is 0 Å². The van der Waals surface area contributed by atoms with Crippen molar-refractivity contribution in [3.05, 3.63) is 52.3 Å². The highest BCUT2D eigenvalue weighted by Gasteiger charge is 2.26. The molecule has 1 aromatic heterocycles. The maximum atomic E-state index is 12.7. The average molecular weight is 541 g/mol. The van der Waals surface area contributed by atoms with Crippen molar-refractivity contribution in [3.8, 4) is 0 Å². The van der Waals surface area contributed by atoms with Gasteiger partial charge in [0.1, 0.15) is 12.2 Å². The third-order valence-corrected chi connectivity index (χ3v) is 5.63. The number of anilines is 1. The number of fused-ring (bicyclic) bond motifs is 1. The minimum Gasteiger partial charge on any atom is -0.462 e. The summed E-state index contributed by atoms with van der Waals surface area (Å²) in [6.45, 7) is 9.67. The molecule has 3 N–H and O–H groups in total. The number of ether oxygens (including phenoxy) is 3. The number of benzene rings is 1. The van der Waals surface area contributed by atoms with Crippen molar-refractivity contribution in [3.63, 3.8) is 0 Å². The summed E-state index contributed by atoms with van der Waals surface area (Å²) in [4.78, 5) is 53.8. The second-order valence-electron chi connectivity index (χ2n) is 10.1. The van der Waals surface area contributed by atoms with Gasteiger partial charge in [-0.25, -0.2) is 9.59 Å². The second-order valence-corrected chi connectivity index (χ2v) is 10.1. The van der Waals surface area contributed by atoms with Crippen LogP contribution in [0.2, 0.25) is 0 Å². The third kappa shape index (κ3) is 8.18. The summed E-state index contributed by atoms with van der Waals surface area (Å²) in [5.74, 6) is -1.08. The Morgan fingerprint density at radius 3 is 2.59 bits per heavy atom. The molecule has 0 saturated carbocycles. The number of rotatable bonds is 10. The predicted octanol–water partition coefficient (Wildman–Crippen LogP) is 3.49. The summed E-state index contributed by atoms with van der Waals surface area (Å²) in [6, 6.07) is 7.07. The number of amides is 3. The molecule has 0 saturated heterocycles. The number of nitrogens with one attached hydrogen (secondary N) is 3. The van der Waals surface area contributed by atoms with Gasteiger partial charge in [0.2, 0.25) is 5.91 Å². The number of aromatic nitrogens is 1. The number of hydrogen-bond donors (Lipinski definition) is 3. The van der Waals surface area contributed by atoms with Crippen LogP contribution in [0.5, 0.6) is 0 Å². The minimum absolute atomic E-state index is 0.166. The van der Waals surface area contributed by atoms with Gasteiger partial charge in [-0.05, 0) is 64.5 Å². The molecule has 0 atom stereocenters. The summed E-state index contributed by atoms with van der Waals surface area (Å²) < 4.78 is 15.8. The van der Waals surface area contributed by atoms with Gasteiger partial charge in [-0.1, -0.05) is 6.07 Å². The monoisotopic (exact) mass is 540 g/mol. The molecule has 2 aromatic rings. The Balaban J connectivity index is 1.58. The second kappa shape index (κ2) is 12.6. The number of hydrogen-bond acceptors (Lipinski definition) is 7. The Labute approximate surface area is 227 Å². The van der Waals surface area contributed by atoms with Gasteiger partial charge in [0.05, 0.1) is 30.0 Å². The SMILES string of the molecule is CCOC(=O)c1cc(C)[nH]c1/C=C1\C(=O)Nc2ccc(CNC(=O)COCCN(C)C(=O)OC(C)(C)C)cc21. The van der Waals surface area contributed by atoms with Gasteiger partial charge >= 0.3 is 12.1 Å². The lowest BCUT2D eigenvalue weighted by Crippen LogP contribution is -2.36. The number of aryl methyl sites for hydroxylation is 1. The van der Waals surface area contributed by atoms with Crippen molar-refractivity contribution in [2.24, 2.45) is 0 Å². The molecule has 11 heteroatoms. The lowest BCUT2D eigenvalue weighted by Gasteiger charge is -2.24. The molecule has 0 spiro atoms. The smallest absolute Gasteiger partial charge is 0.410 e. The fourth-order valence-electron chi connectivity index (χ4n) is 3.78. The van der Waals surface area contributed by atoms with Gasteiger partial charge in [-0.15, -0.1) is 0 Å². The Morgan fingerprint density at radius 1 is 1.15 bits per heavy atom. The molecule has 210 valence electrons. The van der Waals surface area contributed by atoms with E-state index in [-0.39, 0.29) is 44.7 Å². The molecule has 3 amide bonds. The molecule has 1 aromatic carbocycles. The quantitative estimate of drug-likeness (QED) is 0.238. The zero-order valence-electron chi connectivity index (χ0n) is 23.2. The van der Waals surface area contributed by atoms with Crippen LogP contribution in [0.4, 0.5) is 10.5 Å².